The largest absolute Gasteiger partial charge is 0.352 e. The average Bonchev–Trinajstić information content (AvgIpc) is 3.21. The molecule has 0 radical (unpaired) electrons. The molecule has 2 aromatic rings. The van der Waals surface area contributed by atoms with Crippen LogP contribution in [-0.4, -0.2) is 55.8 Å². The van der Waals surface area contributed by atoms with Gasteiger partial charge >= 0.3 is 0 Å². The number of hydrogen-bond acceptors (Lipinski definition) is 4. The molecule has 1 amide bonds. The van der Waals surface area contributed by atoms with Crippen LogP contribution < -0.4 is 5.32 Å². The fourth-order valence-electron chi connectivity index (χ4n) is 4.37. The van der Waals surface area contributed by atoms with Gasteiger partial charge in [0.1, 0.15) is 0 Å². The van der Waals surface area contributed by atoms with Crippen LogP contribution in [0.3, 0.4) is 0 Å². The van der Waals surface area contributed by atoms with E-state index in [1.807, 2.05) is 18.2 Å². The van der Waals surface area contributed by atoms with Crippen LogP contribution >= 0.6 is 0 Å². The molecule has 0 aromatic heterocycles. The number of sulfonamides is 1. The van der Waals surface area contributed by atoms with E-state index >= 15 is 0 Å². The lowest BCUT2D eigenvalue weighted by Gasteiger charge is -2.31. The molecule has 1 N–H and O–H groups in total. The van der Waals surface area contributed by atoms with E-state index in [0.717, 1.165) is 32.5 Å². The van der Waals surface area contributed by atoms with Gasteiger partial charge in [0.2, 0.25) is 15.9 Å². The van der Waals surface area contributed by atoms with Gasteiger partial charge in [-0.15, -0.1) is 0 Å². The second-order valence-electron chi connectivity index (χ2n) is 8.23. The van der Waals surface area contributed by atoms with Crippen molar-refractivity contribution in [1.82, 2.24) is 14.5 Å². The third kappa shape index (κ3) is 4.91. The molecule has 2 aliphatic heterocycles. The summed E-state index contributed by atoms with van der Waals surface area (Å²) in [7, 11) is -3.55. The summed E-state index contributed by atoms with van der Waals surface area (Å²) in [6.07, 6.45) is 2.36. The molecule has 4 rings (SSSR count). The van der Waals surface area contributed by atoms with Crippen LogP contribution in [0.15, 0.2) is 65.6 Å². The van der Waals surface area contributed by atoms with Crippen LogP contribution in [0.25, 0.3) is 0 Å². The van der Waals surface area contributed by atoms with Gasteiger partial charge in [0.15, 0.2) is 0 Å². The van der Waals surface area contributed by atoms with Crippen LogP contribution in [0.4, 0.5) is 0 Å². The molecule has 2 saturated heterocycles. The lowest BCUT2D eigenvalue weighted by Crippen LogP contribution is -2.48. The highest BCUT2D eigenvalue weighted by atomic mass is 32.2. The molecule has 6 nitrogen and oxygen atoms in total. The Hall–Kier alpha value is -2.22. The molecule has 2 unspecified atom stereocenters. The summed E-state index contributed by atoms with van der Waals surface area (Å²) in [4.78, 5) is 15.5. The standard InChI is InChI=1S/C23H29N3O3S/c27-23(24-21-13-15-25(18-21)16-19-8-3-1-4-9-19)20-10-7-14-26(17-20)30(28,29)22-11-5-2-6-12-22/h1-6,8-9,11-12,20-21H,7,10,13-18H2,(H,24,27). The van der Waals surface area contributed by atoms with Crippen LogP contribution in [0.5, 0.6) is 0 Å². The predicted octanol–water partition coefficient (Wildman–Crippen LogP) is 2.48. The number of carbonyl (C=O) groups excluding carboxylic acids is 1. The molecule has 2 aromatic carbocycles. The number of nitrogens with zero attached hydrogens (tertiary/aromatic N) is 2. The van der Waals surface area contributed by atoms with Gasteiger partial charge in [-0.25, -0.2) is 8.42 Å². The zero-order valence-electron chi connectivity index (χ0n) is 17.1. The summed E-state index contributed by atoms with van der Waals surface area (Å²) in [5.41, 5.74) is 1.28. The second-order valence-corrected chi connectivity index (χ2v) is 10.2. The second kappa shape index (κ2) is 9.29. The van der Waals surface area contributed by atoms with Crippen molar-refractivity contribution in [2.24, 2.45) is 5.92 Å². The van der Waals surface area contributed by atoms with Gasteiger partial charge in [-0.1, -0.05) is 48.5 Å². The molecule has 2 aliphatic rings. The van der Waals surface area contributed by atoms with E-state index in [1.54, 1.807) is 30.3 Å². The summed E-state index contributed by atoms with van der Waals surface area (Å²) in [6, 6.07) is 18.9. The molecule has 0 saturated carbocycles. The molecule has 2 atom stereocenters. The fourth-order valence-corrected chi connectivity index (χ4v) is 5.92. The molecule has 2 heterocycles. The molecular weight excluding hydrogens is 398 g/mol. The van der Waals surface area contributed by atoms with Gasteiger partial charge in [-0.2, -0.15) is 4.31 Å². The van der Waals surface area contributed by atoms with Crippen molar-refractivity contribution in [3.8, 4) is 0 Å². The normalized spacial score (nSPS) is 23.3. The van der Waals surface area contributed by atoms with Crippen molar-refractivity contribution in [3.05, 3.63) is 66.2 Å². The van der Waals surface area contributed by atoms with Crippen LogP contribution in [0.1, 0.15) is 24.8 Å². The van der Waals surface area contributed by atoms with Crippen molar-refractivity contribution in [2.45, 2.75) is 36.7 Å². The summed E-state index contributed by atoms with van der Waals surface area (Å²) >= 11 is 0. The Bertz CT molecular complexity index is 950. The Morgan fingerprint density at radius 1 is 0.933 bits per heavy atom. The van der Waals surface area contributed by atoms with Crippen LogP contribution in [-0.2, 0) is 21.4 Å². The Morgan fingerprint density at radius 3 is 2.37 bits per heavy atom. The topological polar surface area (TPSA) is 69.7 Å². The van der Waals surface area contributed by atoms with Crippen molar-refractivity contribution < 1.29 is 13.2 Å². The maximum absolute atomic E-state index is 12.9. The third-order valence-corrected chi connectivity index (χ3v) is 7.88. The maximum Gasteiger partial charge on any atom is 0.243 e. The highest BCUT2D eigenvalue weighted by Crippen LogP contribution is 2.24. The lowest BCUT2D eigenvalue weighted by atomic mass is 9.98. The molecule has 2 fully saturated rings. The first-order valence-electron chi connectivity index (χ1n) is 10.6. The molecular formula is C23H29N3O3S. The van der Waals surface area contributed by atoms with Gasteiger partial charge in [0.05, 0.1) is 10.8 Å². The first-order chi connectivity index (χ1) is 14.5. The van der Waals surface area contributed by atoms with E-state index in [4.69, 9.17) is 0 Å². The van der Waals surface area contributed by atoms with E-state index in [0.29, 0.717) is 17.9 Å². The van der Waals surface area contributed by atoms with Crippen molar-refractivity contribution in [1.29, 1.82) is 0 Å². The monoisotopic (exact) mass is 427 g/mol. The number of amides is 1. The van der Waals surface area contributed by atoms with Crippen molar-refractivity contribution in [3.63, 3.8) is 0 Å². The minimum atomic E-state index is -3.55. The summed E-state index contributed by atoms with van der Waals surface area (Å²) in [5.74, 6) is -0.310. The number of piperidine rings is 1. The van der Waals surface area contributed by atoms with Gasteiger partial charge in [0.25, 0.3) is 0 Å². The Balaban J connectivity index is 1.32. The van der Waals surface area contributed by atoms with Crippen molar-refractivity contribution >= 4 is 15.9 Å². The van der Waals surface area contributed by atoms with Gasteiger partial charge in [0, 0.05) is 38.8 Å². The molecule has 0 spiro atoms. The molecule has 7 heteroatoms. The zero-order valence-corrected chi connectivity index (χ0v) is 17.9. The minimum absolute atomic E-state index is 0.0190. The van der Waals surface area contributed by atoms with E-state index < -0.39 is 10.0 Å². The SMILES string of the molecule is O=C(NC1CCN(Cc2ccccc2)C1)C1CCCN(S(=O)(=O)c2ccccc2)C1. The van der Waals surface area contributed by atoms with Gasteiger partial charge in [-0.05, 0) is 37.0 Å². The predicted molar refractivity (Wildman–Crippen MR) is 116 cm³/mol. The molecule has 160 valence electrons. The first-order valence-corrected chi connectivity index (χ1v) is 12.1. The van der Waals surface area contributed by atoms with E-state index in [9.17, 15) is 13.2 Å². The zero-order chi connectivity index (χ0) is 21.0. The Labute approximate surface area is 178 Å². The quantitative estimate of drug-likeness (QED) is 0.769. The smallest absolute Gasteiger partial charge is 0.243 e. The molecule has 0 aliphatic carbocycles. The minimum Gasteiger partial charge on any atom is -0.352 e. The Morgan fingerprint density at radius 2 is 1.63 bits per heavy atom. The summed E-state index contributed by atoms with van der Waals surface area (Å²) < 4.78 is 27.3. The average molecular weight is 428 g/mol. The molecule has 30 heavy (non-hydrogen) atoms. The van der Waals surface area contributed by atoms with E-state index in [-0.39, 0.29) is 24.4 Å². The van der Waals surface area contributed by atoms with Crippen LogP contribution in [0.2, 0.25) is 0 Å². The van der Waals surface area contributed by atoms with Crippen molar-refractivity contribution in [2.75, 3.05) is 26.2 Å². The van der Waals surface area contributed by atoms with Gasteiger partial charge < -0.3 is 5.32 Å². The van der Waals surface area contributed by atoms with E-state index in [1.165, 1.54) is 9.87 Å². The number of rotatable bonds is 6. The molecule has 0 bridgehead atoms. The number of carbonyl (C=O) groups is 1. The fraction of sp³-hybridized carbons (Fsp3) is 0.435. The first kappa shape index (κ1) is 21.0. The lowest BCUT2D eigenvalue weighted by molar-refractivity contribution is -0.126. The number of benzene rings is 2. The maximum atomic E-state index is 12.9. The Kier molecular flexibility index (Phi) is 6.51. The van der Waals surface area contributed by atoms with Crippen LogP contribution in [0, 0.1) is 5.92 Å². The number of hydrogen-bond donors (Lipinski definition) is 1. The number of likely N-dealkylation sites (tertiary alicyclic amines) is 1. The summed E-state index contributed by atoms with van der Waals surface area (Å²) in [5, 5.41) is 3.17. The van der Waals surface area contributed by atoms with E-state index in [2.05, 4.69) is 22.3 Å². The highest BCUT2D eigenvalue weighted by molar-refractivity contribution is 7.89. The number of nitrogens with one attached hydrogen (secondary N) is 1. The third-order valence-electron chi connectivity index (χ3n) is 6.00. The highest BCUT2D eigenvalue weighted by Gasteiger charge is 2.34. The van der Waals surface area contributed by atoms with Gasteiger partial charge in [-0.3, -0.25) is 9.69 Å². The summed E-state index contributed by atoms with van der Waals surface area (Å²) in [6.45, 7) is 3.40.